The summed E-state index contributed by atoms with van der Waals surface area (Å²) < 4.78 is 28.9. The summed E-state index contributed by atoms with van der Waals surface area (Å²) in [5.41, 5.74) is 0.517. The highest BCUT2D eigenvalue weighted by Gasteiger charge is 2.18. The largest absolute Gasteiger partial charge is 0.441 e. The quantitative estimate of drug-likeness (QED) is 0.248. The van der Waals surface area contributed by atoms with Crippen molar-refractivity contribution in [3.63, 3.8) is 0 Å². The van der Waals surface area contributed by atoms with Crippen LogP contribution >= 0.6 is 11.6 Å². The zero-order chi connectivity index (χ0) is 24.0. The smallest absolute Gasteiger partial charge is 0.293 e. The Morgan fingerprint density at radius 2 is 1.97 bits per heavy atom. The van der Waals surface area contributed by atoms with Crippen LogP contribution in [0, 0.1) is 10.1 Å². The van der Waals surface area contributed by atoms with Gasteiger partial charge in [0.25, 0.3) is 5.69 Å². The third-order valence-electron chi connectivity index (χ3n) is 4.62. The molecule has 0 fully saturated rings. The molecule has 0 aliphatic carbocycles. The highest BCUT2D eigenvalue weighted by molar-refractivity contribution is 7.90. The lowest BCUT2D eigenvalue weighted by Crippen LogP contribution is -2.29. The van der Waals surface area contributed by atoms with E-state index in [2.05, 4.69) is 15.6 Å². The van der Waals surface area contributed by atoms with Crippen LogP contribution in [-0.4, -0.2) is 43.6 Å². The number of hydrogen-bond acceptors (Lipinski definition) is 8. The summed E-state index contributed by atoms with van der Waals surface area (Å²) in [5.74, 6) is 0.680. The van der Waals surface area contributed by atoms with Crippen LogP contribution < -0.4 is 10.6 Å². The van der Waals surface area contributed by atoms with Crippen LogP contribution in [0.4, 0.5) is 11.4 Å². The maximum absolute atomic E-state index is 12.1. The minimum absolute atomic E-state index is 0.141. The summed E-state index contributed by atoms with van der Waals surface area (Å²) in [6.45, 7) is 0.417. The maximum Gasteiger partial charge on any atom is 0.293 e. The Balaban J connectivity index is 1.47. The van der Waals surface area contributed by atoms with Crippen molar-refractivity contribution in [1.29, 1.82) is 0 Å². The lowest BCUT2D eigenvalue weighted by Gasteiger charge is -2.09. The number of nitro benzene ring substituents is 1. The topological polar surface area (TPSA) is 144 Å². The third-order valence-corrected chi connectivity index (χ3v) is 6.06. The van der Waals surface area contributed by atoms with Gasteiger partial charge < -0.3 is 15.1 Å². The lowest BCUT2D eigenvalue weighted by atomic mass is 10.2. The zero-order valence-corrected chi connectivity index (χ0v) is 19.1. The van der Waals surface area contributed by atoms with Crippen LogP contribution in [0.1, 0.15) is 12.3 Å². The molecular formula is C21H21ClN4O6S. The molecule has 0 radical (unpaired) electrons. The second-order valence-corrected chi connectivity index (χ2v) is 9.51. The molecule has 0 unspecified atom stereocenters. The van der Waals surface area contributed by atoms with E-state index in [1.54, 1.807) is 12.3 Å². The Kier molecular flexibility index (Phi) is 7.67. The van der Waals surface area contributed by atoms with Gasteiger partial charge in [0.2, 0.25) is 5.91 Å². The fourth-order valence-electron chi connectivity index (χ4n) is 2.96. The first kappa shape index (κ1) is 24.2. The maximum atomic E-state index is 12.1. The predicted molar refractivity (Wildman–Crippen MR) is 123 cm³/mol. The molecule has 1 heterocycles. The van der Waals surface area contributed by atoms with Gasteiger partial charge in [-0.05, 0) is 24.3 Å². The van der Waals surface area contributed by atoms with Crippen molar-refractivity contribution >= 4 is 38.7 Å². The molecule has 10 nitrogen and oxygen atoms in total. The molecule has 2 N–H and O–H groups in total. The van der Waals surface area contributed by atoms with Gasteiger partial charge in [-0.15, -0.1) is 0 Å². The molecular weight excluding hydrogens is 472 g/mol. The van der Waals surface area contributed by atoms with Gasteiger partial charge in [0, 0.05) is 43.8 Å². The van der Waals surface area contributed by atoms with E-state index in [0.29, 0.717) is 28.7 Å². The van der Waals surface area contributed by atoms with E-state index in [-0.39, 0.29) is 41.7 Å². The van der Waals surface area contributed by atoms with Crippen molar-refractivity contribution in [3.05, 3.63) is 69.7 Å². The first-order chi connectivity index (χ1) is 15.6. The highest BCUT2D eigenvalue weighted by atomic mass is 35.5. The molecule has 1 aromatic heterocycles. The first-order valence-corrected chi connectivity index (χ1v) is 12.1. The fourth-order valence-corrected chi connectivity index (χ4v) is 3.83. The number of aromatic nitrogens is 1. The van der Waals surface area contributed by atoms with Crippen LogP contribution in [0.2, 0.25) is 5.02 Å². The van der Waals surface area contributed by atoms with E-state index >= 15 is 0 Å². The van der Waals surface area contributed by atoms with Crippen molar-refractivity contribution in [2.24, 2.45) is 0 Å². The summed E-state index contributed by atoms with van der Waals surface area (Å²) >= 11 is 6.14. The van der Waals surface area contributed by atoms with Crippen molar-refractivity contribution in [3.8, 4) is 11.3 Å². The molecule has 0 saturated heterocycles. The average Bonchev–Trinajstić information content (AvgIpc) is 3.23. The highest BCUT2D eigenvalue weighted by Crippen LogP contribution is 2.28. The number of rotatable bonds is 10. The normalized spacial score (nSPS) is 11.2. The molecule has 0 bridgehead atoms. The molecule has 2 aromatic carbocycles. The molecule has 0 atom stereocenters. The van der Waals surface area contributed by atoms with Crippen molar-refractivity contribution in [2.45, 2.75) is 17.7 Å². The van der Waals surface area contributed by atoms with E-state index < -0.39 is 14.8 Å². The zero-order valence-electron chi connectivity index (χ0n) is 17.6. The molecule has 3 aromatic rings. The standard InChI is InChI=1S/C21H21ClN4O6S/c1-33(30,31)14-6-7-17(18(12-14)26(28)29)23-10-11-24-20(27)8-9-21-25-13-19(32-21)15-4-2-3-5-16(15)22/h2-7,12-13,23H,8-11H2,1H3,(H,24,27). The number of benzene rings is 2. The number of aryl methyl sites for hydroxylation is 1. The number of halogens is 1. The van der Waals surface area contributed by atoms with E-state index in [0.717, 1.165) is 12.3 Å². The molecule has 12 heteroatoms. The van der Waals surface area contributed by atoms with Gasteiger partial charge in [-0.2, -0.15) is 0 Å². The van der Waals surface area contributed by atoms with Crippen LogP contribution in [0.3, 0.4) is 0 Å². The SMILES string of the molecule is CS(=O)(=O)c1ccc(NCCNC(=O)CCc2ncc(-c3ccccc3Cl)o2)c([N+](=O)[O-])c1. The molecule has 0 spiro atoms. The number of hydrogen-bond donors (Lipinski definition) is 2. The Labute approximate surface area is 195 Å². The second-order valence-electron chi connectivity index (χ2n) is 7.08. The van der Waals surface area contributed by atoms with Crippen LogP contribution in [-0.2, 0) is 21.1 Å². The number of nitrogens with one attached hydrogen (secondary N) is 2. The van der Waals surface area contributed by atoms with Gasteiger partial charge in [0.1, 0.15) is 5.69 Å². The molecule has 0 aliphatic heterocycles. The molecule has 33 heavy (non-hydrogen) atoms. The van der Waals surface area contributed by atoms with Gasteiger partial charge in [-0.1, -0.05) is 23.7 Å². The van der Waals surface area contributed by atoms with E-state index in [1.807, 2.05) is 18.2 Å². The lowest BCUT2D eigenvalue weighted by molar-refractivity contribution is -0.384. The molecule has 3 rings (SSSR count). The number of nitrogens with zero attached hydrogens (tertiary/aromatic N) is 2. The number of anilines is 1. The molecule has 1 amide bonds. The summed E-state index contributed by atoms with van der Waals surface area (Å²) in [7, 11) is -3.57. The summed E-state index contributed by atoms with van der Waals surface area (Å²) in [6, 6.07) is 10.8. The Morgan fingerprint density at radius 1 is 1.21 bits per heavy atom. The number of sulfone groups is 1. The predicted octanol–water partition coefficient (Wildman–Crippen LogP) is 3.47. The van der Waals surface area contributed by atoms with Crippen molar-refractivity contribution in [2.75, 3.05) is 24.7 Å². The van der Waals surface area contributed by atoms with Gasteiger partial charge in [0.15, 0.2) is 21.5 Å². The first-order valence-electron chi connectivity index (χ1n) is 9.84. The molecule has 174 valence electrons. The van der Waals surface area contributed by atoms with Gasteiger partial charge in [0.05, 0.1) is 21.0 Å². The fraction of sp³-hybridized carbons (Fsp3) is 0.238. The van der Waals surface area contributed by atoms with Gasteiger partial charge in [-0.3, -0.25) is 14.9 Å². The summed E-state index contributed by atoms with van der Waals surface area (Å²) in [5, 5.41) is 17.3. The Morgan fingerprint density at radius 3 is 2.67 bits per heavy atom. The van der Waals surface area contributed by atoms with Crippen LogP contribution in [0.15, 0.2) is 58.0 Å². The number of oxazole rings is 1. The average molecular weight is 493 g/mol. The van der Waals surface area contributed by atoms with Crippen molar-refractivity contribution < 1.29 is 22.6 Å². The Bertz CT molecular complexity index is 1280. The monoisotopic (exact) mass is 492 g/mol. The van der Waals surface area contributed by atoms with Crippen LogP contribution in [0.5, 0.6) is 0 Å². The summed E-state index contributed by atoms with van der Waals surface area (Å²) in [6.07, 6.45) is 2.97. The Hall–Kier alpha value is -3.44. The number of nitro groups is 1. The van der Waals surface area contributed by atoms with Crippen LogP contribution in [0.25, 0.3) is 11.3 Å². The van der Waals surface area contributed by atoms with Gasteiger partial charge >= 0.3 is 0 Å². The molecule has 0 saturated carbocycles. The van der Waals surface area contributed by atoms with Crippen molar-refractivity contribution in [1.82, 2.24) is 10.3 Å². The second kappa shape index (κ2) is 10.5. The number of amides is 1. The minimum Gasteiger partial charge on any atom is -0.441 e. The number of carbonyl (C=O) groups excluding carboxylic acids is 1. The van der Waals surface area contributed by atoms with E-state index in [9.17, 15) is 23.3 Å². The van der Waals surface area contributed by atoms with E-state index in [1.165, 1.54) is 12.1 Å². The summed E-state index contributed by atoms with van der Waals surface area (Å²) in [4.78, 5) is 26.7. The minimum atomic E-state index is -3.57. The van der Waals surface area contributed by atoms with E-state index in [4.69, 9.17) is 16.0 Å². The third kappa shape index (κ3) is 6.53. The number of carbonyl (C=O) groups is 1. The van der Waals surface area contributed by atoms with Gasteiger partial charge in [-0.25, -0.2) is 13.4 Å². The molecule has 0 aliphatic rings.